The number of para-hydroxylation sites is 1. The van der Waals surface area contributed by atoms with Crippen LogP contribution in [0.3, 0.4) is 0 Å². The third-order valence-electron chi connectivity index (χ3n) is 3.91. The molecule has 0 heterocycles. The fourth-order valence-electron chi connectivity index (χ4n) is 2.28. The molecule has 2 rings (SSSR count). The number of hydrogen-bond acceptors (Lipinski definition) is 5. The molecule has 1 amide bonds. The van der Waals surface area contributed by atoms with Gasteiger partial charge in [0.25, 0.3) is 15.9 Å². The zero-order valence-corrected chi connectivity index (χ0v) is 18.2. The van der Waals surface area contributed by atoms with Crippen molar-refractivity contribution in [3.05, 3.63) is 53.0 Å². The third kappa shape index (κ3) is 5.32. The van der Waals surface area contributed by atoms with E-state index in [2.05, 4.69) is 26.5 Å². The van der Waals surface area contributed by atoms with Gasteiger partial charge in [0.1, 0.15) is 17.2 Å². The van der Waals surface area contributed by atoms with E-state index in [1.54, 1.807) is 49.4 Å². The zero-order valence-electron chi connectivity index (χ0n) is 15.8. The summed E-state index contributed by atoms with van der Waals surface area (Å²) in [5, 5.41) is 3.96. The number of hydrazone groups is 1. The zero-order chi connectivity index (χ0) is 20.7. The minimum atomic E-state index is -4.09. The van der Waals surface area contributed by atoms with Crippen LogP contribution in [-0.2, 0) is 14.8 Å². The van der Waals surface area contributed by atoms with Gasteiger partial charge in [-0.2, -0.15) is 5.10 Å². The van der Waals surface area contributed by atoms with Gasteiger partial charge in [0.2, 0.25) is 0 Å². The number of sulfonamides is 1. The van der Waals surface area contributed by atoms with Gasteiger partial charge in [0.05, 0.1) is 12.8 Å². The first-order valence-electron chi connectivity index (χ1n) is 8.53. The van der Waals surface area contributed by atoms with Gasteiger partial charge in [-0.25, -0.2) is 13.8 Å². The van der Waals surface area contributed by atoms with Crippen molar-refractivity contribution in [2.75, 3.05) is 18.0 Å². The molecule has 0 unspecified atom stereocenters. The van der Waals surface area contributed by atoms with Crippen LogP contribution in [0.4, 0.5) is 5.69 Å². The molecule has 0 spiro atoms. The Balaban J connectivity index is 2.47. The Labute approximate surface area is 173 Å². The number of anilines is 1. The summed E-state index contributed by atoms with van der Waals surface area (Å²) in [6, 6.07) is 13.1. The van der Waals surface area contributed by atoms with E-state index < -0.39 is 22.5 Å². The van der Waals surface area contributed by atoms with Crippen LogP contribution < -0.4 is 14.5 Å². The molecule has 7 nitrogen and oxygen atoms in total. The van der Waals surface area contributed by atoms with E-state index in [1.165, 1.54) is 13.2 Å². The number of hydrogen-bond donors (Lipinski definition) is 1. The molecule has 2 aromatic carbocycles. The number of carbonyl (C=O) groups excluding carboxylic acids is 1. The van der Waals surface area contributed by atoms with Gasteiger partial charge in [0.15, 0.2) is 0 Å². The van der Waals surface area contributed by atoms with Gasteiger partial charge in [-0.05, 0) is 43.7 Å². The second-order valence-electron chi connectivity index (χ2n) is 5.88. The normalized spacial score (nSPS) is 11.8. The number of rotatable bonds is 8. The van der Waals surface area contributed by atoms with Gasteiger partial charge in [-0.3, -0.25) is 9.10 Å². The Kier molecular flexibility index (Phi) is 7.59. The Morgan fingerprint density at radius 3 is 2.50 bits per heavy atom. The number of nitrogens with zero attached hydrogens (tertiary/aromatic N) is 2. The Bertz CT molecular complexity index is 962. The highest BCUT2D eigenvalue weighted by Crippen LogP contribution is 2.32. The maximum absolute atomic E-state index is 13.4. The third-order valence-corrected chi connectivity index (χ3v) is 6.20. The number of carbonyl (C=O) groups is 1. The van der Waals surface area contributed by atoms with E-state index in [0.29, 0.717) is 16.6 Å². The highest BCUT2D eigenvalue weighted by molar-refractivity contribution is 9.10. The van der Waals surface area contributed by atoms with Gasteiger partial charge in [-0.1, -0.05) is 41.1 Å². The summed E-state index contributed by atoms with van der Waals surface area (Å²) < 4.78 is 33.6. The smallest absolute Gasteiger partial charge is 0.268 e. The molecular formula is C19H22BrN3O4S. The molecule has 0 atom stereocenters. The van der Waals surface area contributed by atoms with Gasteiger partial charge in [0, 0.05) is 10.2 Å². The second-order valence-corrected chi connectivity index (χ2v) is 8.62. The first-order chi connectivity index (χ1) is 13.3. The lowest BCUT2D eigenvalue weighted by molar-refractivity contribution is -0.119. The molecule has 0 saturated heterocycles. The van der Waals surface area contributed by atoms with Crippen LogP contribution in [0.1, 0.15) is 20.3 Å². The van der Waals surface area contributed by atoms with Gasteiger partial charge < -0.3 is 4.74 Å². The highest BCUT2D eigenvalue weighted by Gasteiger charge is 2.30. The van der Waals surface area contributed by atoms with Crippen molar-refractivity contribution in [1.82, 2.24) is 5.43 Å². The predicted octanol–water partition coefficient (Wildman–Crippen LogP) is 3.56. The summed E-state index contributed by atoms with van der Waals surface area (Å²) in [6.07, 6.45) is 0.677. The molecule has 150 valence electrons. The maximum atomic E-state index is 13.4. The minimum Gasteiger partial charge on any atom is -0.495 e. The number of halogens is 1. The van der Waals surface area contributed by atoms with Crippen molar-refractivity contribution in [3.8, 4) is 5.75 Å². The van der Waals surface area contributed by atoms with Crippen molar-refractivity contribution in [1.29, 1.82) is 0 Å². The van der Waals surface area contributed by atoms with Crippen molar-refractivity contribution in [2.24, 2.45) is 5.10 Å². The lowest BCUT2D eigenvalue weighted by atomic mass is 10.3. The molecule has 0 saturated carbocycles. The van der Waals surface area contributed by atoms with Crippen LogP contribution >= 0.6 is 15.9 Å². The Morgan fingerprint density at radius 1 is 1.21 bits per heavy atom. The molecule has 0 fully saturated rings. The van der Waals surface area contributed by atoms with Crippen LogP contribution in [0.5, 0.6) is 5.75 Å². The standard InChI is InChI=1S/C19H22BrN3O4S/c1-4-14(2)21-22-19(24)13-23(16-8-6-5-7-9-16)28(25,26)18-12-15(20)10-11-17(18)27-3/h5-12H,4,13H2,1-3H3,(H,22,24)/b21-14-. The van der Waals surface area contributed by atoms with Crippen molar-refractivity contribution in [2.45, 2.75) is 25.2 Å². The minimum absolute atomic E-state index is 0.0470. The largest absolute Gasteiger partial charge is 0.495 e. The molecule has 28 heavy (non-hydrogen) atoms. The van der Waals surface area contributed by atoms with E-state index in [-0.39, 0.29) is 10.6 Å². The van der Waals surface area contributed by atoms with E-state index in [9.17, 15) is 13.2 Å². The average molecular weight is 468 g/mol. The molecule has 0 aromatic heterocycles. The monoisotopic (exact) mass is 467 g/mol. The Hall–Kier alpha value is -2.39. The average Bonchev–Trinajstić information content (AvgIpc) is 2.70. The molecule has 2 aromatic rings. The molecule has 0 aliphatic heterocycles. The van der Waals surface area contributed by atoms with Crippen molar-refractivity contribution in [3.63, 3.8) is 0 Å². The number of benzene rings is 2. The quantitative estimate of drug-likeness (QED) is 0.474. The summed E-state index contributed by atoms with van der Waals surface area (Å²) in [4.78, 5) is 12.3. The van der Waals surface area contributed by atoms with Gasteiger partial charge >= 0.3 is 0 Å². The fraction of sp³-hybridized carbons (Fsp3) is 0.263. The van der Waals surface area contributed by atoms with Crippen LogP contribution in [0.2, 0.25) is 0 Å². The summed E-state index contributed by atoms with van der Waals surface area (Å²) in [5.41, 5.74) is 3.49. The summed E-state index contributed by atoms with van der Waals surface area (Å²) in [5.74, 6) is -0.362. The number of ether oxygens (including phenoxy) is 1. The second kappa shape index (κ2) is 9.70. The topological polar surface area (TPSA) is 88.1 Å². The van der Waals surface area contributed by atoms with Crippen LogP contribution in [0.15, 0.2) is 63.0 Å². The first-order valence-corrected chi connectivity index (χ1v) is 10.8. The van der Waals surface area contributed by atoms with Crippen LogP contribution in [-0.4, -0.2) is 33.7 Å². The first kappa shape index (κ1) is 21.9. The fourth-order valence-corrected chi connectivity index (χ4v) is 4.40. The SMILES string of the molecule is CC/C(C)=N\NC(=O)CN(c1ccccc1)S(=O)(=O)c1cc(Br)ccc1OC. The number of nitrogens with one attached hydrogen (secondary N) is 1. The number of methoxy groups -OCH3 is 1. The Morgan fingerprint density at radius 2 is 1.89 bits per heavy atom. The molecular weight excluding hydrogens is 446 g/mol. The molecule has 9 heteroatoms. The van der Waals surface area contributed by atoms with E-state index >= 15 is 0 Å². The summed E-state index contributed by atoms with van der Waals surface area (Å²) >= 11 is 3.29. The van der Waals surface area contributed by atoms with Crippen LogP contribution in [0, 0.1) is 0 Å². The molecule has 1 N–H and O–H groups in total. The van der Waals surface area contributed by atoms with E-state index in [1.807, 2.05) is 6.92 Å². The lowest BCUT2D eigenvalue weighted by Gasteiger charge is -2.24. The van der Waals surface area contributed by atoms with Crippen molar-refractivity contribution >= 4 is 43.3 Å². The maximum Gasteiger partial charge on any atom is 0.268 e. The van der Waals surface area contributed by atoms with E-state index in [0.717, 1.165) is 10.0 Å². The van der Waals surface area contributed by atoms with E-state index in [4.69, 9.17) is 4.74 Å². The molecule has 0 aliphatic carbocycles. The number of amides is 1. The summed E-state index contributed by atoms with van der Waals surface area (Å²) in [6.45, 7) is 3.26. The summed E-state index contributed by atoms with van der Waals surface area (Å²) in [7, 11) is -2.70. The molecule has 0 radical (unpaired) electrons. The molecule has 0 bridgehead atoms. The van der Waals surface area contributed by atoms with Gasteiger partial charge in [-0.15, -0.1) is 0 Å². The molecule has 0 aliphatic rings. The van der Waals surface area contributed by atoms with Crippen LogP contribution in [0.25, 0.3) is 0 Å². The van der Waals surface area contributed by atoms with Crippen molar-refractivity contribution < 1.29 is 17.9 Å². The highest BCUT2D eigenvalue weighted by atomic mass is 79.9. The predicted molar refractivity (Wildman–Crippen MR) is 113 cm³/mol. The lowest BCUT2D eigenvalue weighted by Crippen LogP contribution is -2.39.